The monoisotopic (exact) mass is 245 g/mol. The Morgan fingerprint density at radius 1 is 1.11 bits per heavy atom. The van der Waals surface area contributed by atoms with Crippen molar-refractivity contribution in [1.29, 1.82) is 0 Å². The van der Waals surface area contributed by atoms with Crippen LogP contribution in [0.1, 0.15) is 20.3 Å². The number of anilines is 1. The highest BCUT2D eigenvalue weighted by atomic mass is 16.5. The second-order valence-corrected chi connectivity index (χ2v) is 5.11. The molecule has 0 aliphatic heterocycles. The molecule has 0 radical (unpaired) electrons. The van der Waals surface area contributed by atoms with Gasteiger partial charge in [0.15, 0.2) is 0 Å². The summed E-state index contributed by atoms with van der Waals surface area (Å²) in [4.78, 5) is 0. The van der Waals surface area contributed by atoms with E-state index in [0.717, 1.165) is 22.2 Å². The number of fused-ring (bicyclic) bond motifs is 1. The van der Waals surface area contributed by atoms with Crippen LogP contribution in [0.3, 0.4) is 0 Å². The summed E-state index contributed by atoms with van der Waals surface area (Å²) in [5.41, 5.74) is 5.97. The predicted molar refractivity (Wildman–Crippen MR) is 74.8 cm³/mol. The van der Waals surface area contributed by atoms with Crippen LogP contribution in [0, 0.1) is 0 Å². The van der Waals surface area contributed by atoms with Gasteiger partial charge in [-0.2, -0.15) is 0 Å². The van der Waals surface area contributed by atoms with E-state index in [1.807, 2.05) is 36.4 Å². The molecule has 0 heterocycles. The van der Waals surface area contributed by atoms with Crippen LogP contribution in [-0.4, -0.2) is 17.3 Å². The third kappa shape index (κ3) is 2.93. The first-order valence-corrected chi connectivity index (χ1v) is 6.10. The topological polar surface area (TPSA) is 55.5 Å². The molecule has 0 spiro atoms. The zero-order valence-electron chi connectivity index (χ0n) is 10.8. The number of hydrogen-bond donors (Lipinski definition) is 2. The van der Waals surface area contributed by atoms with E-state index in [1.165, 1.54) is 0 Å². The molecule has 0 saturated carbocycles. The van der Waals surface area contributed by atoms with Gasteiger partial charge in [-0.05, 0) is 26.0 Å². The molecule has 96 valence electrons. The van der Waals surface area contributed by atoms with Crippen LogP contribution in [0.5, 0.6) is 5.75 Å². The van der Waals surface area contributed by atoms with Gasteiger partial charge in [-0.1, -0.05) is 24.3 Å². The normalized spacial score (nSPS) is 11.7. The zero-order chi connectivity index (χ0) is 13.2. The Kier molecular flexibility index (Phi) is 3.43. The van der Waals surface area contributed by atoms with Crippen molar-refractivity contribution in [3.05, 3.63) is 36.4 Å². The average Bonchev–Trinajstić information content (AvgIpc) is 2.31. The van der Waals surface area contributed by atoms with E-state index in [-0.39, 0.29) is 0 Å². The third-order valence-corrected chi connectivity index (χ3v) is 2.89. The fourth-order valence-corrected chi connectivity index (χ4v) is 1.83. The van der Waals surface area contributed by atoms with Gasteiger partial charge in [-0.3, -0.25) is 0 Å². The number of rotatable bonds is 4. The van der Waals surface area contributed by atoms with E-state index in [9.17, 15) is 5.11 Å². The minimum absolute atomic E-state index is 0.484. The molecule has 0 amide bonds. The van der Waals surface area contributed by atoms with Crippen molar-refractivity contribution >= 4 is 16.5 Å². The van der Waals surface area contributed by atoms with Crippen LogP contribution < -0.4 is 10.5 Å². The first-order valence-electron chi connectivity index (χ1n) is 6.10. The van der Waals surface area contributed by atoms with Crippen molar-refractivity contribution in [2.24, 2.45) is 0 Å². The molecule has 3 nitrogen and oxygen atoms in total. The third-order valence-electron chi connectivity index (χ3n) is 2.89. The van der Waals surface area contributed by atoms with Crippen LogP contribution in [0.15, 0.2) is 36.4 Å². The van der Waals surface area contributed by atoms with Gasteiger partial charge in [-0.15, -0.1) is 0 Å². The first-order chi connectivity index (χ1) is 8.47. The van der Waals surface area contributed by atoms with Gasteiger partial charge in [0.05, 0.1) is 12.2 Å². The average molecular weight is 245 g/mol. The summed E-state index contributed by atoms with van der Waals surface area (Å²) in [6, 6.07) is 11.6. The minimum Gasteiger partial charge on any atom is -0.493 e. The summed E-state index contributed by atoms with van der Waals surface area (Å²) >= 11 is 0. The Hall–Kier alpha value is -1.74. The van der Waals surface area contributed by atoms with Gasteiger partial charge >= 0.3 is 0 Å². The Labute approximate surface area is 107 Å². The molecule has 3 heteroatoms. The van der Waals surface area contributed by atoms with E-state index in [2.05, 4.69) is 0 Å². The molecule has 0 aromatic heterocycles. The summed E-state index contributed by atoms with van der Waals surface area (Å²) in [6.45, 7) is 4.03. The lowest BCUT2D eigenvalue weighted by atomic mass is 10.1. The molecule has 0 aliphatic carbocycles. The lowest BCUT2D eigenvalue weighted by Gasteiger charge is -2.18. The van der Waals surface area contributed by atoms with Gasteiger partial charge in [0.2, 0.25) is 0 Å². The van der Waals surface area contributed by atoms with Crippen molar-refractivity contribution in [3.8, 4) is 5.75 Å². The molecule has 0 aliphatic rings. The maximum Gasteiger partial charge on any atom is 0.127 e. The van der Waals surface area contributed by atoms with Crippen LogP contribution in [0.25, 0.3) is 10.8 Å². The SMILES string of the molecule is CC(C)(O)CCOc1ccc(N)c2ccccc12. The molecule has 2 aromatic rings. The molecule has 0 unspecified atom stereocenters. The highest BCUT2D eigenvalue weighted by Crippen LogP contribution is 2.30. The van der Waals surface area contributed by atoms with E-state index >= 15 is 0 Å². The van der Waals surface area contributed by atoms with E-state index in [4.69, 9.17) is 10.5 Å². The fraction of sp³-hybridized carbons (Fsp3) is 0.333. The zero-order valence-corrected chi connectivity index (χ0v) is 10.8. The number of ether oxygens (including phenoxy) is 1. The minimum atomic E-state index is -0.705. The van der Waals surface area contributed by atoms with Crippen molar-refractivity contribution in [3.63, 3.8) is 0 Å². The number of benzene rings is 2. The second-order valence-electron chi connectivity index (χ2n) is 5.11. The maximum absolute atomic E-state index is 9.65. The fourth-order valence-electron chi connectivity index (χ4n) is 1.83. The van der Waals surface area contributed by atoms with E-state index in [0.29, 0.717) is 13.0 Å². The number of nitrogens with two attached hydrogens (primary N) is 1. The Bertz CT molecular complexity index is 544. The molecular formula is C15H19NO2. The molecular weight excluding hydrogens is 226 g/mol. The van der Waals surface area contributed by atoms with Crippen LogP contribution in [0.4, 0.5) is 5.69 Å². The van der Waals surface area contributed by atoms with Crippen molar-refractivity contribution < 1.29 is 9.84 Å². The standard InChI is InChI=1S/C15H19NO2/c1-15(2,17)9-10-18-14-8-7-13(16)11-5-3-4-6-12(11)14/h3-8,17H,9-10,16H2,1-2H3. The van der Waals surface area contributed by atoms with Gasteiger partial charge < -0.3 is 15.6 Å². The lowest BCUT2D eigenvalue weighted by molar-refractivity contribution is 0.0555. The van der Waals surface area contributed by atoms with Crippen LogP contribution in [0.2, 0.25) is 0 Å². The molecule has 3 N–H and O–H groups in total. The van der Waals surface area contributed by atoms with Crippen molar-refractivity contribution in [2.75, 3.05) is 12.3 Å². The molecule has 0 fully saturated rings. The smallest absolute Gasteiger partial charge is 0.127 e. The summed E-state index contributed by atoms with van der Waals surface area (Å²) in [7, 11) is 0. The quantitative estimate of drug-likeness (QED) is 0.814. The van der Waals surface area contributed by atoms with Crippen LogP contribution >= 0.6 is 0 Å². The van der Waals surface area contributed by atoms with Gasteiger partial charge in [0.1, 0.15) is 5.75 Å². The number of aliphatic hydroxyl groups is 1. The van der Waals surface area contributed by atoms with Gasteiger partial charge in [0, 0.05) is 22.9 Å². The largest absolute Gasteiger partial charge is 0.493 e. The Balaban J connectivity index is 2.21. The predicted octanol–water partition coefficient (Wildman–Crippen LogP) is 2.96. The molecule has 2 aromatic carbocycles. The molecule has 0 saturated heterocycles. The first kappa shape index (κ1) is 12.7. The highest BCUT2D eigenvalue weighted by molar-refractivity contribution is 5.96. The van der Waals surface area contributed by atoms with E-state index in [1.54, 1.807) is 13.8 Å². The lowest BCUT2D eigenvalue weighted by Crippen LogP contribution is -2.21. The van der Waals surface area contributed by atoms with Crippen molar-refractivity contribution in [1.82, 2.24) is 0 Å². The molecule has 18 heavy (non-hydrogen) atoms. The van der Waals surface area contributed by atoms with Gasteiger partial charge in [0.25, 0.3) is 0 Å². The summed E-state index contributed by atoms with van der Waals surface area (Å²) in [5, 5.41) is 11.7. The van der Waals surface area contributed by atoms with Crippen LogP contribution in [-0.2, 0) is 0 Å². The van der Waals surface area contributed by atoms with Crippen molar-refractivity contribution in [2.45, 2.75) is 25.9 Å². The molecule has 0 atom stereocenters. The summed E-state index contributed by atoms with van der Waals surface area (Å²) in [5.74, 6) is 0.809. The molecule has 2 rings (SSSR count). The second kappa shape index (κ2) is 4.86. The van der Waals surface area contributed by atoms with Gasteiger partial charge in [-0.25, -0.2) is 0 Å². The Morgan fingerprint density at radius 2 is 1.78 bits per heavy atom. The number of nitrogen functional groups attached to an aromatic ring is 1. The Morgan fingerprint density at radius 3 is 2.44 bits per heavy atom. The number of hydrogen-bond acceptors (Lipinski definition) is 3. The maximum atomic E-state index is 9.65. The summed E-state index contributed by atoms with van der Waals surface area (Å²) in [6.07, 6.45) is 0.589. The molecule has 0 bridgehead atoms. The highest BCUT2D eigenvalue weighted by Gasteiger charge is 2.12. The summed E-state index contributed by atoms with van der Waals surface area (Å²) < 4.78 is 5.73. The van der Waals surface area contributed by atoms with E-state index < -0.39 is 5.60 Å².